The molecule has 3 fully saturated rings. The van der Waals surface area contributed by atoms with Gasteiger partial charge >= 0.3 is 5.97 Å². The predicted octanol–water partition coefficient (Wildman–Crippen LogP) is 2.38. The van der Waals surface area contributed by atoms with E-state index in [1.807, 2.05) is 0 Å². The molecule has 0 aromatic rings. The van der Waals surface area contributed by atoms with E-state index in [9.17, 15) is 9.90 Å². The molecule has 1 heterocycles. The summed E-state index contributed by atoms with van der Waals surface area (Å²) in [7, 11) is 0. The molecule has 1 saturated heterocycles. The molecule has 0 amide bonds. The molecular weight excluding hydrogens is 196 g/mol. The van der Waals surface area contributed by atoms with Crippen molar-refractivity contribution >= 4 is 17.7 Å². The lowest BCUT2D eigenvalue weighted by Gasteiger charge is -2.38. The van der Waals surface area contributed by atoms with Crippen molar-refractivity contribution in [2.24, 2.45) is 16.7 Å². The molecule has 3 rings (SSSR count). The molecule has 2 aliphatic carbocycles. The number of rotatable bonds is 1. The molecule has 0 aromatic carbocycles. The fourth-order valence-corrected chi connectivity index (χ4v) is 6.43. The third-order valence-corrected chi connectivity index (χ3v) is 7.57. The summed E-state index contributed by atoms with van der Waals surface area (Å²) < 4.78 is -0.440. The molecule has 3 heteroatoms. The van der Waals surface area contributed by atoms with Gasteiger partial charge in [-0.3, -0.25) is 4.79 Å². The van der Waals surface area contributed by atoms with Gasteiger partial charge in [0.05, 0.1) is 0 Å². The first-order chi connectivity index (χ1) is 6.46. The lowest BCUT2D eigenvalue weighted by atomic mass is 9.66. The van der Waals surface area contributed by atoms with E-state index in [4.69, 9.17) is 0 Å². The number of carbonyl (C=O) groups is 1. The summed E-state index contributed by atoms with van der Waals surface area (Å²) in [6.07, 6.45) is 3.29. The summed E-state index contributed by atoms with van der Waals surface area (Å²) in [5.41, 5.74) is 0.358. The molecule has 2 saturated carbocycles. The zero-order valence-electron chi connectivity index (χ0n) is 8.67. The Morgan fingerprint density at radius 2 is 2.21 bits per heavy atom. The Balaban J connectivity index is 2.18. The highest BCUT2D eigenvalue weighted by Crippen LogP contribution is 2.79. The summed E-state index contributed by atoms with van der Waals surface area (Å²) in [5.74, 6) is 1.17. The SMILES string of the molecule is CC12CSC3(C(=O)O)CC1CCC32C. The fraction of sp³-hybridized carbons (Fsp3) is 0.909. The lowest BCUT2D eigenvalue weighted by Crippen LogP contribution is -2.46. The smallest absolute Gasteiger partial charge is 0.320 e. The summed E-state index contributed by atoms with van der Waals surface area (Å²) >= 11 is 1.71. The third kappa shape index (κ3) is 0.605. The number of hydrogen-bond acceptors (Lipinski definition) is 2. The minimum absolute atomic E-state index is 0.0567. The molecule has 0 spiro atoms. The van der Waals surface area contributed by atoms with Crippen LogP contribution in [0.4, 0.5) is 0 Å². The molecule has 14 heavy (non-hydrogen) atoms. The number of carboxylic acid groups (broad SMARTS) is 1. The summed E-state index contributed by atoms with van der Waals surface area (Å²) in [5, 5.41) is 9.47. The van der Waals surface area contributed by atoms with E-state index in [1.54, 1.807) is 11.8 Å². The second-order valence-electron chi connectivity index (χ2n) is 5.61. The summed E-state index contributed by atoms with van der Waals surface area (Å²) in [6, 6.07) is 0. The number of aliphatic carboxylic acids is 1. The molecule has 78 valence electrons. The second-order valence-corrected chi connectivity index (χ2v) is 6.88. The van der Waals surface area contributed by atoms with Crippen molar-refractivity contribution in [3.63, 3.8) is 0 Å². The van der Waals surface area contributed by atoms with Gasteiger partial charge in [-0.15, -0.1) is 11.8 Å². The van der Waals surface area contributed by atoms with Crippen LogP contribution in [0.15, 0.2) is 0 Å². The first-order valence-electron chi connectivity index (χ1n) is 5.34. The van der Waals surface area contributed by atoms with Gasteiger partial charge in [-0.2, -0.15) is 0 Å². The maximum atomic E-state index is 11.5. The van der Waals surface area contributed by atoms with Gasteiger partial charge < -0.3 is 5.11 Å². The van der Waals surface area contributed by atoms with Crippen LogP contribution in [0.25, 0.3) is 0 Å². The van der Waals surface area contributed by atoms with Crippen molar-refractivity contribution in [2.45, 2.75) is 37.9 Å². The van der Waals surface area contributed by atoms with E-state index in [0.717, 1.165) is 18.6 Å². The minimum atomic E-state index is -0.559. The Labute approximate surface area is 88.5 Å². The predicted molar refractivity (Wildman–Crippen MR) is 56.4 cm³/mol. The fourth-order valence-electron chi connectivity index (χ4n) is 4.23. The first-order valence-corrected chi connectivity index (χ1v) is 6.32. The molecule has 4 bridgehead atoms. The molecular formula is C11H16O2S. The molecule has 3 aliphatic rings. The van der Waals surface area contributed by atoms with E-state index in [0.29, 0.717) is 11.3 Å². The van der Waals surface area contributed by atoms with Gasteiger partial charge in [0.2, 0.25) is 0 Å². The monoisotopic (exact) mass is 212 g/mol. The van der Waals surface area contributed by atoms with Crippen molar-refractivity contribution < 1.29 is 9.90 Å². The second kappa shape index (κ2) is 2.16. The van der Waals surface area contributed by atoms with Crippen molar-refractivity contribution in [1.82, 2.24) is 0 Å². The normalized spacial score (nSPS) is 59.4. The summed E-state index contributed by atoms with van der Waals surface area (Å²) in [4.78, 5) is 11.5. The average molecular weight is 212 g/mol. The van der Waals surface area contributed by atoms with Crippen LogP contribution in [0, 0.1) is 16.7 Å². The van der Waals surface area contributed by atoms with E-state index >= 15 is 0 Å². The topological polar surface area (TPSA) is 37.3 Å². The highest BCUT2D eigenvalue weighted by atomic mass is 32.2. The van der Waals surface area contributed by atoms with E-state index in [-0.39, 0.29) is 5.41 Å². The van der Waals surface area contributed by atoms with Crippen LogP contribution in [0.1, 0.15) is 33.1 Å². The van der Waals surface area contributed by atoms with Crippen LogP contribution in [-0.4, -0.2) is 21.6 Å². The Hall–Kier alpha value is -0.180. The van der Waals surface area contributed by atoms with Gasteiger partial charge in [-0.05, 0) is 36.0 Å². The van der Waals surface area contributed by atoms with Gasteiger partial charge in [-0.1, -0.05) is 13.8 Å². The minimum Gasteiger partial charge on any atom is -0.480 e. The zero-order chi connectivity index (χ0) is 10.2. The van der Waals surface area contributed by atoms with Crippen LogP contribution in [0.3, 0.4) is 0 Å². The molecule has 4 unspecified atom stereocenters. The molecule has 0 radical (unpaired) electrons. The van der Waals surface area contributed by atoms with Crippen LogP contribution in [0.5, 0.6) is 0 Å². The Kier molecular flexibility index (Phi) is 1.40. The Morgan fingerprint density at radius 1 is 1.50 bits per heavy atom. The molecule has 2 nitrogen and oxygen atoms in total. The third-order valence-electron chi connectivity index (χ3n) is 5.54. The van der Waals surface area contributed by atoms with Gasteiger partial charge in [0, 0.05) is 5.75 Å². The van der Waals surface area contributed by atoms with Gasteiger partial charge in [-0.25, -0.2) is 0 Å². The zero-order valence-corrected chi connectivity index (χ0v) is 9.49. The van der Waals surface area contributed by atoms with Crippen LogP contribution >= 0.6 is 11.8 Å². The van der Waals surface area contributed by atoms with Crippen LogP contribution in [-0.2, 0) is 4.79 Å². The maximum absolute atomic E-state index is 11.5. The quantitative estimate of drug-likeness (QED) is 0.725. The van der Waals surface area contributed by atoms with Gasteiger partial charge in [0.25, 0.3) is 0 Å². The largest absolute Gasteiger partial charge is 0.480 e. The van der Waals surface area contributed by atoms with Gasteiger partial charge in [0.15, 0.2) is 0 Å². The van der Waals surface area contributed by atoms with Crippen molar-refractivity contribution in [3.05, 3.63) is 0 Å². The van der Waals surface area contributed by atoms with Crippen molar-refractivity contribution in [2.75, 3.05) is 5.75 Å². The standard InChI is InChI=1S/C11H16O2S/c1-9-6-14-11(8(12)13)5-7(9)3-4-10(9,11)2/h7H,3-6H2,1-2H3,(H,12,13). The number of hydrogen-bond donors (Lipinski definition) is 1. The Bertz CT molecular complexity index is 329. The van der Waals surface area contributed by atoms with Crippen LogP contribution < -0.4 is 0 Å². The average Bonchev–Trinajstić information content (AvgIpc) is 2.58. The first kappa shape index (κ1) is 9.08. The Morgan fingerprint density at radius 3 is 2.64 bits per heavy atom. The lowest BCUT2D eigenvalue weighted by molar-refractivity contribution is -0.143. The number of carboxylic acids is 1. The molecule has 1 N–H and O–H groups in total. The molecule has 1 aliphatic heterocycles. The highest BCUT2D eigenvalue weighted by Gasteiger charge is 2.77. The number of thioether (sulfide) groups is 1. The highest BCUT2D eigenvalue weighted by molar-refractivity contribution is 8.01. The molecule has 4 atom stereocenters. The summed E-state index contributed by atoms with van der Waals surface area (Å²) in [6.45, 7) is 4.53. The van der Waals surface area contributed by atoms with Crippen molar-refractivity contribution in [1.29, 1.82) is 0 Å². The van der Waals surface area contributed by atoms with Gasteiger partial charge in [0.1, 0.15) is 4.75 Å². The van der Waals surface area contributed by atoms with E-state index in [2.05, 4.69) is 13.8 Å². The maximum Gasteiger partial charge on any atom is 0.320 e. The van der Waals surface area contributed by atoms with E-state index in [1.165, 1.54) is 6.42 Å². The molecule has 0 aromatic heterocycles. The van der Waals surface area contributed by atoms with Crippen LogP contribution in [0.2, 0.25) is 0 Å². The van der Waals surface area contributed by atoms with E-state index < -0.39 is 10.7 Å². The van der Waals surface area contributed by atoms with Crippen molar-refractivity contribution in [3.8, 4) is 0 Å².